The van der Waals surface area contributed by atoms with Crippen LogP contribution >= 0.6 is 0 Å². The maximum Gasteiger partial charge on any atom is 0.268 e. The van der Waals surface area contributed by atoms with Crippen LogP contribution in [0, 0.1) is 0 Å². The lowest BCUT2D eigenvalue weighted by Gasteiger charge is -2.07. The lowest BCUT2D eigenvalue weighted by molar-refractivity contribution is 0.0954. The number of hydrogen-bond acceptors (Lipinski definition) is 5. The molecule has 0 saturated carbocycles. The van der Waals surface area contributed by atoms with Crippen LogP contribution < -0.4 is 10.9 Å². The molecule has 0 aliphatic carbocycles. The molecule has 0 radical (unpaired) electrons. The van der Waals surface area contributed by atoms with Crippen LogP contribution in [0.5, 0.6) is 0 Å². The molecule has 0 amide bonds. The largest absolute Gasteiger partial charge is 0.385 e. The Balaban J connectivity index is 2.32. The number of hydrogen-bond donors (Lipinski definition) is 1. The monoisotopic (exact) mass is 255 g/mol. The van der Waals surface area contributed by atoms with Crippen molar-refractivity contribution in [1.82, 2.24) is 9.78 Å². The van der Waals surface area contributed by atoms with Gasteiger partial charge in [-0.3, -0.25) is 4.79 Å². The van der Waals surface area contributed by atoms with Crippen LogP contribution in [0.3, 0.4) is 0 Å². The van der Waals surface area contributed by atoms with Crippen molar-refractivity contribution in [1.29, 1.82) is 0 Å². The number of ether oxygens (including phenoxy) is 2. The molecule has 0 aliphatic rings. The first-order valence-electron chi connectivity index (χ1n) is 6.15. The molecule has 1 aromatic rings. The van der Waals surface area contributed by atoms with Crippen LogP contribution in [0.25, 0.3) is 0 Å². The topological polar surface area (TPSA) is 65.4 Å². The van der Waals surface area contributed by atoms with Crippen LogP contribution in [0.4, 0.5) is 5.69 Å². The molecular formula is C12H21N3O3. The van der Waals surface area contributed by atoms with Gasteiger partial charge in [-0.05, 0) is 13.3 Å². The second kappa shape index (κ2) is 8.66. The molecule has 0 saturated heterocycles. The standard InChI is InChI=1S/C12H21N3O3/c1-3-13-11-9-12(16)15(14-10-11)5-8-18-7-4-6-17-2/h9-10,13H,3-8H2,1-2H3. The molecule has 0 aliphatic heterocycles. The summed E-state index contributed by atoms with van der Waals surface area (Å²) >= 11 is 0. The Bertz CT molecular complexity index is 392. The first-order chi connectivity index (χ1) is 8.77. The van der Waals surface area contributed by atoms with E-state index in [1.165, 1.54) is 4.68 Å². The summed E-state index contributed by atoms with van der Waals surface area (Å²) in [6.07, 6.45) is 2.51. The van der Waals surface area contributed by atoms with Crippen LogP contribution in [-0.4, -0.2) is 43.3 Å². The highest BCUT2D eigenvalue weighted by Crippen LogP contribution is 1.98. The fourth-order valence-electron chi connectivity index (χ4n) is 1.46. The van der Waals surface area contributed by atoms with Crippen LogP contribution in [-0.2, 0) is 16.0 Å². The zero-order chi connectivity index (χ0) is 13.2. The lowest BCUT2D eigenvalue weighted by atomic mass is 10.4. The number of nitrogens with zero attached hydrogens (tertiary/aromatic N) is 2. The third kappa shape index (κ3) is 5.29. The highest BCUT2D eigenvalue weighted by atomic mass is 16.5. The summed E-state index contributed by atoms with van der Waals surface area (Å²) in [7, 11) is 1.66. The smallest absolute Gasteiger partial charge is 0.268 e. The van der Waals surface area contributed by atoms with E-state index >= 15 is 0 Å². The molecule has 102 valence electrons. The number of anilines is 1. The summed E-state index contributed by atoms with van der Waals surface area (Å²) in [5.41, 5.74) is 0.633. The van der Waals surface area contributed by atoms with Crippen molar-refractivity contribution in [3.05, 3.63) is 22.6 Å². The minimum absolute atomic E-state index is 0.117. The SMILES string of the molecule is CCNc1cnn(CCOCCCOC)c(=O)c1. The van der Waals surface area contributed by atoms with E-state index in [1.807, 2.05) is 6.92 Å². The van der Waals surface area contributed by atoms with E-state index in [9.17, 15) is 4.79 Å². The molecule has 1 aromatic heterocycles. The maximum atomic E-state index is 11.7. The second-order valence-electron chi connectivity index (χ2n) is 3.79. The van der Waals surface area contributed by atoms with Gasteiger partial charge >= 0.3 is 0 Å². The zero-order valence-electron chi connectivity index (χ0n) is 11.0. The van der Waals surface area contributed by atoms with Crippen LogP contribution in [0.2, 0.25) is 0 Å². The van der Waals surface area contributed by atoms with Gasteiger partial charge in [-0.15, -0.1) is 0 Å². The van der Waals surface area contributed by atoms with Gasteiger partial charge in [0.1, 0.15) is 0 Å². The number of methoxy groups -OCH3 is 1. The maximum absolute atomic E-state index is 11.7. The fourth-order valence-corrected chi connectivity index (χ4v) is 1.46. The van der Waals surface area contributed by atoms with Crippen molar-refractivity contribution in [2.45, 2.75) is 19.9 Å². The average molecular weight is 255 g/mol. The Labute approximate surface area is 107 Å². The molecule has 1 heterocycles. The Morgan fingerprint density at radius 1 is 1.39 bits per heavy atom. The van der Waals surface area contributed by atoms with E-state index in [-0.39, 0.29) is 5.56 Å². The summed E-state index contributed by atoms with van der Waals surface area (Å²) in [4.78, 5) is 11.7. The molecule has 6 heteroatoms. The molecule has 1 N–H and O–H groups in total. The van der Waals surface area contributed by atoms with E-state index < -0.39 is 0 Å². The zero-order valence-corrected chi connectivity index (χ0v) is 11.0. The minimum atomic E-state index is -0.117. The van der Waals surface area contributed by atoms with Crippen molar-refractivity contribution in [3.63, 3.8) is 0 Å². The molecule has 0 fully saturated rings. The van der Waals surface area contributed by atoms with Gasteiger partial charge in [0.25, 0.3) is 5.56 Å². The van der Waals surface area contributed by atoms with Crippen molar-refractivity contribution < 1.29 is 9.47 Å². The van der Waals surface area contributed by atoms with Gasteiger partial charge < -0.3 is 14.8 Å². The third-order valence-corrected chi connectivity index (χ3v) is 2.34. The average Bonchev–Trinajstić information content (AvgIpc) is 2.36. The van der Waals surface area contributed by atoms with Gasteiger partial charge in [-0.2, -0.15) is 5.10 Å². The van der Waals surface area contributed by atoms with Crippen molar-refractivity contribution in [3.8, 4) is 0 Å². The molecule has 1 rings (SSSR count). The van der Waals surface area contributed by atoms with E-state index in [1.54, 1.807) is 19.4 Å². The Morgan fingerprint density at radius 2 is 2.22 bits per heavy atom. The molecule has 0 bridgehead atoms. The molecule has 0 aromatic carbocycles. The van der Waals surface area contributed by atoms with Gasteiger partial charge in [0, 0.05) is 32.9 Å². The Kier molecular flexibility index (Phi) is 7.05. The second-order valence-corrected chi connectivity index (χ2v) is 3.79. The number of nitrogens with one attached hydrogen (secondary N) is 1. The first kappa shape index (κ1) is 14.7. The number of aromatic nitrogens is 2. The highest BCUT2D eigenvalue weighted by Gasteiger charge is 1.99. The summed E-state index contributed by atoms with van der Waals surface area (Å²) in [6.45, 7) is 5.02. The van der Waals surface area contributed by atoms with Gasteiger partial charge in [0.2, 0.25) is 0 Å². The molecule has 0 atom stereocenters. The van der Waals surface area contributed by atoms with Gasteiger partial charge in [-0.1, -0.05) is 0 Å². The predicted molar refractivity (Wildman–Crippen MR) is 70.0 cm³/mol. The summed E-state index contributed by atoms with van der Waals surface area (Å²) in [5.74, 6) is 0. The quantitative estimate of drug-likeness (QED) is 0.659. The minimum Gasteiger partial charge on any atom is -0.385 e. The van der Waals surface area contributed by atoms with Gasteiger partial charge in [0.05, 0.1) is 25.0 Å². The normalized spacial score (nSPS) is 10.6. The van der Waals surface area contributed by atoms with Crippen molar-refractivity contribution in [2.75, 3.05) is 38.8 Å². The summed E-state index contributed by atoms with van der Waals surface area (Å²) in [6, 6.07) is 1.54. The van der Waals surface area contributed by atoms with Crippen LogP contribution in [0.15, 0.2) is 17.1 Å². The molecule has 18 heavy (non-hydrogen) atoms. The van der Waals surface area contributed by atoms with Crippen molar-refractivity contribution >= 4 is 5.69 Å². The molecule has 0 spiro atoms. The van der Waals surface area contributed by atoms with E-state index in [0.717, 1.165) is 18.7 Å². The fraction of sp³-hybridized carbons (Fsp3) is 0.667. The third-order valence-electron chi connectivity index (χ3n) is 2.34. The summed E-state index contributed by atoms with van der Waals surface area (Å²) in [5, 5.41) is 7.11. The van der Waals surface area contributed by atoms with Gasteiger partial charge in [-0.25, -0.2) is 4.68 Å². The Hall–Kier alpha value is -1.40. The summed E-state index contributed by atoms with van der Waals surface area (Å²) < 4.78 is 11.7. The van der Waals surface area contributed by atoms with Gasteiger partial charge in [0.15, 0.2) is 0 Å². The molecule has 0 unspecified atom stereocenters. The lowest BCUT2D eigenvalue weighted by Crippen LogP contribution is -2.24. The highest BCUT2D eigenvalue weighted by molar-refractivity contribution is 5.38. The van der Waals surface area contributed by atoms with Crippen LogP contribution in [0.1, 0.15) is 13.3 Å². The van der Waals surface area contributed by atoms with Crippen molar-refractivity contribution in [2.24, 2.45) is 0 Å². The first-order valence-corrected chi connectivity index (χ1v) is 6.15. The Morgan fingerprint density at radius 3 is 2.89 bits per heavy atom. The number of rotatable bonds is 9. The predicted octanol–water partition coefficient (Wildman–Crippen LogP) is 0.728. The molecule has 6 nitrogen and oxygen atoms in total. The van der Waals surface area contributed by atoms with E-state index in [2.05, 4.69) is 10.4 Å². The molecular weight excluding hydrogens is 234 g/mol. The van der Waals surface area contributed by atoms with E-state index in [0.29, 0.717) is 26.4 Å². The van der Waals surface area contributed by atoms with E-state index in [4.69, 9.17) is 9.47 Å².